The summed E-state index contributed by atoms with van der Waals surface area (Å²) in [5.41, 5.74) is 3.58. The van der Waals surface area contributed by atoms with Crippen LogP contribution in [0.25, 0.3) is 0 Å². The van der Waals surface area contributed by atoms with Crippen LogP contribution >= 0.6 is 0 Å². The quantitative estimate of drug-likeness (QED) is 0.871. The van der Waals surface area contributed by atoms with Gasteiger partial charge in [0.1, 0.15) is 0 Å². The second kappa shape index (κ2) is 5.64. The first-order valence-corrected chi connectivity index (χ1v) is 7.05. The molecule has 2 N–H and O–H groups in total. The Morgan fingerprint density at radius 2 is 1.68 bits per heavy atom. The Morgan fingerprint density at radius 3 is 2.16 bits per heavy atom. The minimum absolute atomic E-state index is 0.0243. The van der Waals surface area contributed by atoms with E-state index in [2.05, 4.69) is 72.0 Å². The highest BCUT2D eigenvalue weighted by molar-refractivity contribution is 5.36. The average molecular weight is 263 g/mol. The number of rotatable bonds is 3. The highest BCUT2D eigenvalue weighted by atomic mass is 16.3. The first-order valence-electron chi connectivity index (χ1n) is 7.05. The number of nitrogens with one attached hydrogen (secondary N) is 1. The molecule has 0 aliphatic rings. The van der Waals surface area contributed by atoms with Gasteiger partial charge >= 0.3 is 0 Å². The summed E-state index contributed by atoms with van der Waals surface area (Å²) in [5.74, 6) is 0. The van der Waals surface area contributed by atoms with Gasteiger partial charge in [-0.2, -0.15) is 0 Å². The number of aliphatic hydroxyl groups is 1. The Labute approximate surface area is 118 Å². The van der Waals surface area contributed by atoms with E-state index in [4.69, 9.17) is 0 Å². The van der Waals surface area contributed by atoms with Crippen molar-refractivity contribution >= 4 is 0 Å². The Balaban J connectivity index is 2.93. The van der Waals surface area contributed by atoms with Crippen molar-refractivity contribution in [3.05, 3.63) is 34.9 Å². The van der Waals surface area contributed by atoms with Crippen LogP contribution in [-0.2, 0) is 5.41 Å². The van der Waals surface area contributed by atoms with Crippen LogP contribution < -0.4 is 5.32 Å². The minimum atomic E-state index is -0.457. The lowest BCUT2D eigenvalue weighted by molar-refractivity contribution is 0.162. The van der Waals surface area contributed by atoms with Crippen molar-refractivity contribution < 1.29 is 5.11 Å². The van der Waals surface area contributed by atoms with Crippen molar-refractivity contribution in [2.75, 3.05) is 6.54 Å². The minimum Gasteiger partial charge on any atom is -0.387 e. The molecule has 2 nitrogen and oxygen atoms in total. The van der Waals surface area contributed by atoms with Gasteiger partial charge in [0.05, 0.1) is 6.10 Å². The molecule has 0 bridgehead atoms. The standard InChI is InChI=1S/C17H29NO/c1-12-8-9-13(16(2,3)4)10-14(12)15(19)11-18-17(5,6)7/h8-10,15,18-19H,11H2,1-7H3. The van der Waals surface area contributed by atoms with Gasteiger partial charge in [0, 0.05) is 12.1 Å². The second-order valence-electron chi connectivity index (χ2n) is 7.47. The van der Waals surface area contributed by atoms with Crippen LogP contribution in [-0.4, -0.2) is 17.2 Å². The van der Waals surface area contributed by atoms with Gasteiger partial charge in [0.2, 0.25) is 0 Å². The molecule has 0 heterocycles. The predicted octanol–water partition coefficient (Wildman–Crippen LogP) is 3.71. The summed E-state index contributed by atoms with van der Waals surface area (Å²) < 4.78 is 0. The fraction of sp³-hybridized carbons (Fsp3) is 0.647. The maximum atomic E-state index is 10.4. The summed E-state index contributed by atoms with van der Waals surface area (Å²) in [6, 6.07) is 6.41. The normalized spacial score (nSPS) is 14.5. The number of hydrogen-bond acceptors (Lipinski definition) is 2. The van der Waals surface area contributed by atoms with Gasteiger partial charge in [-0.3, -0.25) is 0 Å². The monoisotopic (exact) mass is 263 g/mol. The SMILES string of the molecule is Cc1ccc(C(C)(C)C)cc1C(O)CNC(C)(C)C. The summed E-state index contributed by atoms with van der Waals surface area (Å²) in [7, 11) is 0. The fourth-order valence-corrected chi connectivity index (χ4v) is 1.98. The van der Waals surface area contributed by atoms with E-state index in [1.165, 1.54) is 5.56 Å². The number of hydrogen-bond donors (Lipinski definition) is 2. The van der Waals surface area contributed by atoms with E-state index in [9.17, 15) is 5.11 Å². The number of β-amino-alcohol motifs (C(OH)–C–C–N with tert-alkyl or cyclic N) is 1. The molecule has 0 amide bonds. The first-order chi connectivity index (χ1) is 8.50. The van der Waals surface area contributed by atoms with Crippen LogP contribution in [0.1, 0.15) is 64.3 Å². The molecule has 1 aromatic carbocycles. The molecule has 0 saturated heterocycles. The fourth-order valence-electron chi connectivity index (χ4n) is 1.98. The van der Waals surface area contributed by atoms with Crippen molar-refractivity contribution in [1.82, 2.24) is 5.32 Å². The van der Waals surface area contributed by atoms with Gasteiger partial charge in [0.25, 0.3) is 0 Å². The topological polar surface area (TPSA) is 32.3 Å². The lowest BCUT2D eigenvalue weighted by Crippen LogP contribution is -2.38. The molecule has 0 aliphatic heterocycles. The molecule has 1 atom stereocenters. The van der Waals surface area contributed by atoms with Crippen molar-refractivity contribution in [3.63, 3.8) is 0 Å². The van der Waals surface area contributed by atoms with Gasteiger partial charge in [-0.1, -0.05) is 39.0 Å². The molecule has 0 radical (unpaired) electrons. The molecule has 0 fully saturated rings. The Hall–Kier alpha value is -0.860. The van der Waals surface area contributed by atoms with Crippen LogP contribution in [0, 0.1) is 6.92 Å². The molecule has 0 aromatic heterocycles. The molecule has 1 rings (SSSR count). The summed E-state index contributed by atoms with van der Waals surface area (Å²) >= 11 is 0. The summed E-state index contributed by atoms with van der Waals surface area (Å²) in [6.07, 6.45) is -0.457. The Morgan fingerprint density at radius 1 is 1.11 bits per heavy atom. The molecule has 108 valence electrons. The van der Waals surface area contributed by atoms with E-state index >= 15 is 0 Å². The zero-order valence-electron chi connectivity index (χ0n) is 13.5. The predicted molar refractivity (Wildman–Crippen MR) is 82.6 cm³/mol. The van der Waals surface area contributed by atoms with Crippen LogP contribution in [0.15, 0.2) is 18.2 Å². The highest BCUT2D eigenvalue weighted by Crippen LogP contribution is 2.27. The van der Waals surface area contributed by atoms with E-state index in [0.717, 1.165) is 11.1 Å². The van der Waals surface area contributed by atoms with Crippen molar-refractivity contribution in [2.45, 2.75) is 65.5 Å². The smallest absolute Gasteiger partial charge is 0.0917 e. The van der Waals surface area contributed by atoms with E-state index in [0.29, 0.717) is 6.54 Å². The molecule has 0 aliphatic carbocycles. The largest absolute Gasteiger partial charge is 0.387 e. The molecule has 1 aromatic rings. The summed E-state index contributed by atoms with van der Waals surface area (Å²) in [4.78, 5) is 0. The van der Waals surface area contributed by atoms with Crippen LogP contribution in [0.4, 0.5) is 0 Å². The van der Waals surface area contributed by atoms with Gasteiger partial charge < -0.3 is 10.4 Å². The zero-order chi connectivity index (χ0) is 14.8. The molecule has 1 unspecified atom stereocenters. The van der Waals surface area contributed by atoms with Crippen LogP contribution in [0.3, 0.4) is 0 Å². The molecule has 0 spiro atoms. The first kappa shape index (κ1) is 16.2. The third-order valence-electron chi connectivity index (χ3n) is 3.33. The summed E-state index contributed by atoms with van der Waals surface area (Å²) in [6.45, 7) is 15.6. The summed E-state index contributed by atoms with van der Waals surface area (Å²) in [5, 5.41) is 13.7. The number of aryl methyl sites for hydroxylation is 1. The van der Waals surface area contributed by atoms with Crippen molar-refractivity contribution in [3.8, 4) is 0 Å². The van der Waals surface area contributed by atoms with Crippen LogP contribution in [0.2, 0.25) is 0 Å². The zero-order valence-corrected chi connectivity index (χ0v) is 13.5. The second-order valence-corrected chi connectivity index (χ2v) is 7.47. The number of aliphatic hydroxyl groups excluding tert-OH is 1. The van der Waals surface area contributed by atoms with Gasteiger partial charge in [-0.05, 0) is 49.8 Å². The molecule has 2 heteroatoms. The third-order valence-corrected chi connectivity index (χ3v) is 3.33. The van der Waals surface area contributed by atoms with E-state index in [-0.39, 0.29) is 11.0 Å². The molecular weight excluding hydrogens is 234 g/mol. The lowest BCUT2D eigenvalue weighted by Gasteiger charge is -2.25. The van der Waals surface area contributed by atoms with E-state index in [1.807, 2.05) is 0 Å². The maximum Gasteiger partial charge on any atom is 0.0917 e. The number of benzene rings is 1. The molecule has 19 heavy (non-hydrogen) atoms. The van der Waals surface area contributed by atoms with Crippen molar-refractivity contribution in [2.24, 2.45) is 0 Å². The van der Waals surface area contributed by atoms with Crippen LogP contribution in [0.5, 0.6) is 0 Å². The average Bonchev–Trinajstić information content (AvgIpc) is 2.24. The lowest BCUT2D eigenvalue weighted by atomic mass is 9.84. The maximum absolute atomic E-state index is 10.4. The van der Waals surface area contributed by atoms with Gasteiger partial charge in [0.15, 0.2) is 0 Å². The third kappa shape index (κ3) is 4.96. The van der Waals surface area contributed by atoms with Crippen molar-refractivity contribution in [1.29, 1.82) is 0 Å². The Kier molecular flexibility index (Phi) is 4.81. The van der Waals surface area contributed by atoms with E-state index in [1.54, 1.807) is 0 Å². The highest BCUT2D eigenvalue weighted by Gasteiger charge is 2.19. The Bertz CT molecular complexity index is 424. The van der Waals surface area contributed by atoms with Gasteiger partial charge in [-0.15, -0.1) is 0 Å². The van der Waals surface area contributed by atoms with E-state index < -0.39 is 6.10 Å². The molecule has 0 saturated carbocycles. The molecular formula is C17H29NO. The van der Waals surface area contributed by atoms with Gasteiger partial charge in [-0.25, -0.2) is 0 Å².